The zero-order valence-electron chi connectivity index (χ0n) is 14.1. The minimum atomic E-state index is -0.352. The van der Waals surface area contributed by atoms with Crippen molar-refractivity contribution in [2.75, 3.05) is 17.7 Å². The summed E-state index contributed by atoms with van der Waals surface area (Å²) < 4.78 is 18.8. The number of rotatable bonds is 6. The van der Waals surface area contributed by atoms with E-state index in [1.165, 1.54) is 25.6 Å². The van der Waals surface area contributed by atoms with Crippen molar-refractivity contribution in [3.05, 3.63) is 77.9 Å². The molecule has 132 valence electrons. The summed E-state index contributed by atoms with van der Waals surface area (Å²) in [6.07, 6.45) is 2.81. The van der Waals surface area contributed by atoms with E-state index in [1.54, 1.807) is 36.4 Å². The van der Waals surface area contributed by atoms with Crippen LogP contribution in [0.15, 0.2) is 60.9 Å². The lowest BCUT2D eigenvalue weighted by molar-refractivity contribution is 0.102. The number of nitrogens with one attached hydrogen (secondary N) is 2. The van der Waals surface area contributed by atoms with Gasteiger partial charge in [0, 0.05) is 24.5 Å². The van der Waals surface area contributed by atoms with E-state index in [-0.39, 0.29) is 18.3 Å². The average Bonchev–Trinajstić information content (AvgIpc) is 2.68. The molecule has 0 spiro atoms. The van der Waals surface area contributed by atoms with Crippen LogP contribution in [0.3, 0.4) is 0 Å². The molecule has 0 aliphatic heterocycles. The number of nitrogens with zero attached hydrogens (tertiary/aromatic N) is 2. The van der Waals surface area contributed by atoms with Gasteiger partial charge in [0.1, 0.15) is 11.6 Å². The van der Waals surface area contributed by atoms with Gasteiger partial charge in [0.2, 0.25) is 5.95 Å². The number of methoxy groups -OCH3 is 1. The maximum absolute atomic E-state index is 13.6. The minimum absolute atomic E-state index is 0.249. The highest BCUT2D eigenvalue weighted by molar-refractivity contribution is 6.04. The molecule has 2 aromatic carbocycles. The molecule has 0 aliphatic carbocycles. The molecule has 0 bridgehead atoms. The highest BCUT2D eigenvalue weighted by atomic mass is 19.1. The minimum Gasteiger partial charge on any atom is -0.495 e. The van der Waals surface area contributed by atoms with Gasteiger partial charge < -0.3 is 15.4 Å². The van der Waals surface area contributed by atoms with Gasteiger partial charge in [-0.05, 0) is 18.2 Å². The summed E-state index contributed by atoms with van der Waals surface area (Å²) in [4.78, 5) is 20.5. The van der Waals surface area contributed by atoms with E-state index in [4.69, 9.17) is 4.74 Å². The van der Waals surface area contributed by atoms with Crippen molar-refractivity contribution in [3.63, 3.8) is 0 Å². The monoisotopic (exact) mass is 352 g/mol. The van der Waals surface area contributed by atoms with Crippen LogP contribution in [0.4, 0.5) is 16.0 Å². The molecule has 0 saturated carbocycles. The Bertz CT molecular complexity index is 900. The van der Waals surface area contributed by atoms with Crippen molar-refractivity contribution in [1.82, 2.24) is 9.97 Å². The van der Waals surface area contributed by atoms with Gasteiger partial charge in [-0.25, -0.2) is 14.4 Å². The fourth-order valence-electron chi connectivity index (χ4n) is 2.30. The standard InChI is InChI=1S/C19H17FN4O2/c1-26-17-9-5-4-8-16(17)24-18(25)14-11-22-19(23-12-14)21-10-13-6-2-3-7-15(13)20/h2-9,11-12H,10H2,1H3,(H,24,25)(H,21,22,23). The van der Waals surface area contributed by atoms with Crippen LogP contribution in [0.5, 0.6) is 5.75 Å². The summed E-state index contributed by atoms with van der Waals surface area (Å²) in [5, 5.41) is 5.67. The van der Waals surface area contributed by atoms with Crippen LogP contribution in [0.2, 0.25) is 0 Å². The van der Waals surface area contributed by atoms with Gasteiger partial charge >= 0.3 is 0 Å². The van der Waals surface area contributed by atoms with Crippen LogP contribution < -0.4 is 15.4 Å². The molecule has 26 heavy (non-hydrogen) atoms. The molecule has 0 aliphatic rings. The topological polar surface area (TPSA) is 76.1 Å². The summed E-state index contributed by atoms with van der Waals surface area (Å²) in [6, 6.07) is 13.6. The lowest BCUT2D eigenvalue weighted by Crippen LogP contribution is -2.14. The van der Waals surface area contributed by atoms with Crippen molar-refractivity contribution in [1.29, 1.82) is 0 Å². The molecule has 0 saturated heterocycles. The Morgan fingerprint density at radius 3 is 2.50 bits per heavy atom. The molecule has 2 N–H and O–H groups in total. The maximum atomic E-state index is 13.6. The Kier molecular flexibility index (Phi) is 5.38. The van der Waals surface area contributed by atoms with Gasteiger partial charge in [0.15, 0.2) is 0 Å². The number of carbonyl (C=O) groups excluding carboxylic acids is 1. The first kappa shape index (κ1) is 17.3. The Balaban J connectivity index is 1.63. The predicted molar refractivity (Wildman–Crippen MR) is 96.7 cm³/mol. The van der Waals surface area contributed by atoms with Crippen molar-refractivity contribution >= 4 is 17.5 Å². The molecule has 0 unspecified atom stereocenters. The Hall–Kier alpha value is -3.48. The smallest absolute Gasteiger partial charge is 0.258 e. The second kappa shape index (κ2) is 8.06. The van der Waals surface area contributed by atoms with Gasteiger partial charge in [-0.2, -0.15) is 0 Å². The van der Waals surface area contributed by atoms with E-state index in [1.807, 2.05) is 6.07 Å². The summed E-state index contributed by atoms with van der Waals surface area (Å²) in [5.41, 5.74) is 1.36. The van der Waals surface area contributed by atoms with E-state index in [9.17, 15) is 9.18 Å². The van der Waals surface area contributed by atoms with E-state index in [2.05, 4.69) is 20.6 Å². The molecule has 0 fully saturated rings. The molecule has 3 aromatic rings. The Morgan fingerprint density at radius 1 is 1.08 bits per heavy atom. The van der Waals surface area contributed by atoms with Gasteiger partial charge in [0.05, 0.1) is 18.4 Å². The molecular weight excluding hydrogens is 335 g/mol. The third-order valence-electron chi connectivity index (χ3n) is 3.66. The average molecular weight is 352 g/mol. The number of halogens is 1. The van der Waals surface area contributed by atoms with E-state index < -0.39 is 0 Å². The summed E-state index contributed by atoms with van der Waals surface area (Å²) >= 11 is 0. The number of para-hydroxylation sites is 2. The zero-order valence-corrected chi connectivity index (χ0v) is 14.1. The summed E-state index contributed by atoms with van der Waals surface area (Å²) in [7, 11) is 1.53. The van der Waals surface area contributed by atoms with Crippen LogP contribution in [-0.4, -0.2) is 23.0 Å². The van der Waals surface area contributed by atoms with E-state index in [0.717, 1.165) is 0 Å². The summed E-state index contributed by atoms with van der Waals surface area (Å²) in [6.45, 7) is 0.249. The van der Waals surface area contributed by atoms with Crippen molar-refractivity contribution < 1.29 is 13.9 Å². The van der Waals surface area contributed by atoms with Crippen molar-refractivity contribution in [2.45, 2.75) is 6.54 Å². The molecule has 1 aromatic heterocycles. The van der Waals surface area contributed by atoms with Crippen LogP contribution in [0.25, 0.3) is 0 Å². The first-order valence-electron chi connectivity index (χ1n) is 7.91. The van der Waals surface area contributed by atoms with Crippen molar-refractivity contribution in [2.24, 2.45) is 0 Å². The highest BCUT2D eigenvalue weighted by Gasteiger charge is 2.10. The number of aromatic nitrogens is 2. The number of benzene rings is 2. The molecule has 6 nitrogen and oxygen atoms in total. The molecule has 0 atom stereocenters. The molecule has 1 amide bonds. The van der Waals surface area contributed by atoms with E-state index >= 15 is 0 Å². The van der Waals surface area contributed by atoms with Crippen molar-refractivity contribution in [3.8, 4) is 5.75 Å². The van der Waals surface area contributed by atoms with E-state index in [0.29, 0.717) is 28.5 Å². The first-order valence-corrected chi connectivity index (χ1v) is 7.91. The number of hydrogen-bond acceptors (Lipinski definition) is 5. The number of anilines is 2. The summed E-state index contributed by atoms with van der Waals surface area (Å²) in [5.74, 6) is 0.218. The second-order valence-corrected chi connectivity index (χ2v) is 5.39. The largest absolute Gasteiger partial charge is 0.495 e. The number of amides is 1. The molecular formula is C19H17FN4O2. The van der Waals surface area contributed by atoms with Gasteiger partial charge in [-0.1, -0.05) is 30.3 Å². The Morgan fingerprint density at radius 2 is 1.77 bits per heavy atom. The quantitative estimate of drug-likeness (QED) is 0.710. The highest BCUT2D eigenvalue weighted by Crippen LogP contribution is 2.23. The lowest BCUT2D eigenvalue weighted by Gasteiger charge is -2.10. The predicted octanol–water partition coefficient (Wildman–Crippen LogP) is 3.49. The van der Waals surface area contributed by atoms with Gasteiger partial charge in [-0.3, -0.25) is 4.79 Å². The number of carbonyl (C=O) groups is 1. The molecule has 3 rings (SSSR count). The van der Waals surface area contributed by atoms with Crippen LogP contribution in [-0.2, 0) is 6.54 Å². The first-order chi connectivity index (χ1) is 12.7. The fourth-order valence-corrected chi connectivity index (χ4v) is 2.30. The Labute approximate surface area is 150 Å². The maximum Gasteiger partial charge on any atom is 0.258 e. The fraction of sp³-hybridized carbons (Fsp3) is 0.105. The third kappa shape index (κ3) is 4.13. The number of ether oxygens (including phenoxy) is 1. The molecule has 1 heterocycles. The number of hydrogen-bond donors (Lipinski definition) is 2. The second-order valence-electron chi connectivity index (χ2n) is 5.39. The van der Waals surface area contributed by atoms with Gasteiger partial charge in [0.25, 0.3) is 5.91 Å². The lowest BCUT2D eigenvalue weighted by atomic mass is 10.2. The van der Waals surface area contributed by atoms with Crippen LogP contribution >= 0.6 is 0 Å². The third-order valence-corrected chi connectivity index (χ3v) is 3.66. The molecule has 0 radical (unpaired) electrons. The normalized spacial score (nSPS) is 10.2. The zero-order chi connectivity index (χ0) is 18.4. The SMILES string of the molecule is COc1ccccc1NC(=O)c1cnc(NCc2ccccc2F)nc1. The van der Waals surface area contributed by atoms with Gasteiger partial charge in [-0.15, -0.1) is 0 Å². The van der Waals surface area contributed by atoms with Crippen LogP contribution in [0.1, 0.15) is 15.9 Å². The molecule has 7 heteroatoms. The van der Waals surface area contributed by atoms with Crippen LogP contribution in [0, 0.1) is 5.82 Å².